The predicted octanol–water partition coefficient (Wildman–Crippen LogP) is 5.84. The molecular formula is C30H27NO4. The Labute approximate surface area is 205 Å². The first-order valence-corrected chi connectivity index (χ1v) is 11.7. The Hall–Kier alpha value is -4.09. The summed E-state index contributed by atoms with van der Waals surface area (Å²) in [6.45, 7) is 0.718. The highest BCUT2D eigenvalue weighted by Crippen LogP contribution is 2.44. The molecule has 0 saturated carbocycles. The highest BCUT2D eigenvalue weighted by atomic mass is 16.5. The van der Waals surface area contributed by atoms with Crippen LogP contribution in [0.5, 0.6) is 5.75 Å². The van der Waals surface area contributed by atoms with Gasteiger partial charge in [0, 0.05) is 5.92 Å². The van der Waals surface area contributed by atoms with Crippen LogP contribution in [0.25, 0.3) is 11.1 Å². The van der Waals surface area contributed by atoms with Gasteiger partial charge in [-0.3, -0.25) is 0 Å². The van der Waals surface area contributed by atoms with Crippen molar-refractivity contribution in [1.29, 1.82) is 0 Å². The molecule has 0 aliphatic heterocycles. The number of fused-ring (bicyclic) bond motifs is 3. The van der Waals surface area contributed by atoms with Crippen LogP contribution in [-0.4, -0.2) is 24.4 Å². The number of amides is 1. The third kappa shape index (κ3) is 5.20. The zero-order chi connectivity index (χ0) is 24.0. The number of hydrogen-bond acceptors (Lipinski definition) is 4. The molecule has 1 aliphatic rings. The molecule has 0 radical (unpaired) electrons. The number of alkyl carbamates (subject to hydrolysis) is 1. The van der Waals surface area contributed by atoms with Gasteiger partial charge in [-0.25, -0.2) is 4.79 Å². The van der Waals surface area contributed by atoms with Crippen LogP contribution in [0, 0.1) is 0 Å². The Morgan fingerprint density at radius 2 is 1.49 bits per heavy atom. The standard InChI is InChI=1S/C30H27NO4/c32-29(22-11-8-12-23(17-22)34-19-21-9-2-1-3-10-21)18-31-30(33)35-20-28-26-15-6-4-13-24(26)25-14-5-7-16-27(25)28/h1-17,28-29,32H,18-20H2,(H,31,33). The number of aliphatic hydroxyl groups is 1. The molecular weight excluding hydrogens is 438 g/mol. The minimum absolute atomic E-state index is 0.00322. The van der Waals surface area contributed by atoms with E-state index in [1.54, 1.807) is 12.1 Å². The topological polar surface area (TPSA) is 67.8 Å². The minimum Gasteiger partial charge on any atom is -0.489 e. The maximum atomic E-state index is 12.4. The quantitative estimate of drug-likeness (QED) is 0.343. The van der Waals surface area contributed by atoms with E-state index < -0.39 is 12.2 Å². The number of rotatable bonds is 8. The number of ether oxygens (including phenoxy) is 2. The van der Waals surface area contributed by atoms with Gasteiger partial charge < -0.3 is 19.9 Å². The van der Waals surface area contributed by atoms with Crippen LogP contribution >= 0.6 is 0 Å². The van der Waals surface area contributed by atoms with Crippen LogP contribution in [0.1, 0.15) is 34.3 Å². The van der Waals surface area contributed by atoms with E-state index in [4.69, 9.17) is 9.47 Å². The molecule has 0 heterocycles. The van der Waals surface area contributed by atoms with Crippen molar-refractivity contribution < 1.29 is 19.4 Å². The summed E-state index contributed by atoms with van der Waals surface area (Å²) in [6, 6.07) is 33.6. The van der Waals surface area contributed by atoms with E-state index in [0.29, 0.717) is 17.9 Å². The molecule has 35 heavy (non-hydrogen) atoms. The van der Waals surface area contributed by atoms with Crippen molar-refractivity contribution >= 4 is 6.09 Å². The summed E-state index contributed by atoms with van der Waals surface area (Å²) >= 11 is 0. The van der Waals surface area contributed by atoms with E-state index in [1.807, 2.05) is 66.7 Å². The lowest BCUT2D eigenvalue weighted by molar-refractivity contribution is 0.128. The summed E-state index contributed by atoms with van der Waals surface area (Å²) in [5.41, 5.74) is 6.41. The van der Waals surface area contributed by atoms with Gasteiger partial charge in [-0.15, -0.1) is 0 Å². The maximum Gasteiger partial charge on any atom is 0.407 e. The molecule has 1 unspecified atom stereocenters. The van der Waals surface area contributed by atoms with Crippen molar-refractivity contribution in [3.05, 3.63) is 125 Å². The van der Waals surface area contributed by atoms with Crippen molar-refractivity contribution in [2.75, 3.05) is 13.2 Å². The molecule has 5 rings (SSSR count). The van der Waals surface area contributed by atoms with Crippen LogP contribution in [0.15, 0.2) is 103 Å². The highest BCUT2D eigenvalue weighted by molar-refractivity contribution is 5.79. The fourth-order valence-corrected chi connectivity index (χ4v) is 4.50. The lowest BCUT2D eigenvalue weighted by Crippen LogP contribution is -2.30. The van der Waals surface area contributed by atoms with Crippen LogP contribution in [0.2, 0.25) is 0 Å². The molecule has 0 aromatic heterocycles. The summed E-state index contributed by atoms with van der Waals surface area (Å²) in [5.74, 6) is 0.656. The fourth-order valence-electron chi connectivity index (χ4n) is 4.50. The average Bonchev–Trinajstić information content (AvgIpc) is 3.24. The molecule has 2 N–H and O–H groups in total. The predicted molar refractivity (Wildman–Crippen MR) is 135 cm³/mol. The van der Waals surface area contributed by atoms with E-state index in [0.717, 1.165) is 16.7 Å². The van der Waals surface area contributed by atoms with Gasteiger partial charge in [-0.1, -0.05) is 91.0 Å². The van der Waals surface area contributed by atoms with Crippen molar-refractivity contribution in [3.63, 3.8) is 0 Å². The minimum atomic E-state index is -0.879. The molecule has 5 heteroatoms. The van der Waals surface area contributed by atoms with Gasteiger partial charge in [-0.05, 0) is 45.5 Å². The number of benzene rings is 4. The Kier molecular flexibility index (Phi) is 6.77. The number of carbonyl (C=O) groups excluding carboxylic acids is 1. The van der Waals surface area contributed by atoms with Crippen LogP contribution in [-0.2, 0) is 11.3 Å². The molecule has 0 spiro atoms. The lowest BCUT2D eigenvalue weighted by Gasteiger charge is -2.16. The number of aliphatic hydroxyl groups excluding tert-OH is 1. The van der Waals surface area contributed by atoms with Gasteiger partial charge >= 0.3 is 6.09 Å². The van der Waals surface area contributed by atoms with Gasteiger partial charge in [-0.2, -0.15) is 0 Å². The molecule has 1 aliphatic carbocycles. The van der Waals surface area contributed by atoms with E-state index in [2.05, 4.69) is 29.6 Å². The molecule has 1 atom stereocenters. The Balaban J connectivity index is 1.14. The summed E-state index contributed by atoms with van der Waals surface area (Å²) in [4.78, 5) is 12.4. The zero-order valence-corrected chi connectivity index (χ0v) is 19.3. The lowest BCUT2D eigenvalue weighted by atomic mass is 9.98. The molecule has 0 saturated heterocycles. The van der Waals surface area contributed by atoms with Gasteiger partial charge in [0.1, 0.15) is 19.0 Å². The SMILES string of the molecule is O=C(NCC(O)c1cccc(OCc2ccccc2)c1)OCC1c2ccccc2-c2ccccc21. The largest absolute Gasteiger partial charge is 0.489 e. The Morgan fingerprint density at radius 3 is 2.20 bits per heavy atom. The molecule has 4 aromatic carbocycles. The van der Waals surface area contributed by atoms with Gasteiger partial charge in [0.25, 0.3) is 0 Å². The van der Waals surface area contributed by atoms with E-state index in [-0.39, 0.29) is 19.1 Å². The first kappa shape index (κ1) is 22.7. The van der Waals surface area contributed by atoms with Gasteiger partial charge in [0.05, 0.1) is 12.6 Å². The number of carbonyl (C=O) groups is 1. The van der Waals surface area contributed by atoms with Crippen molar-refractivity contribution in [2.45, 2.75) is 18.6 Å². The average molecular weight is 466 g/mol. The fraction of sp³-hybridized carbons (Fsp3) is 0.167. The first-order valence-electron chi connectivity index (χ1n) is 11.7. The molecule has 0 bridgehead atoms. The third-order valence-electron chi connectivity index (χ3n) is 6.27. The summed E-state index contributed by atoms with van der Waals surface area (Å²) < 4.78 is 11.4. The summed E-state index contributed by atoms with van der Waals surface area (Å²) in [7, 11) is 0. The molecule has 0 fully saturated rings. The third-order valence-corrected chi connectivity index (χ3v) is 6.27. The summed E-state index contributed by atoms with van der Waals surface area (Å²) in [5, 5.41) is 13.3. The van der Waals surface area contributed by atoms with E-state index >= 15 is 0 Å². The van der Waals surface area contributed by atoms with Crippen molar-refractivity contribution in [2.24, 2.45) is 0 Å². The maximum absolute atomic E-state index is 12.4. The monoisotopic (exact) mass is 465 g/mol. The van der Waals surface area contributed by atoms with Gasteiger partial charge in [0.2, 0.25) is 0 Å². The summed E-state index contributed by atoms with van der Waals surface area (Å²) in [6.07, 6.45) is -1.43. The molecule has 176 valence electrons. The second-order valence-corrected chi connectivity index (χ2v) is 8.57. The number of nitrogens with one attached hydrogen (secondary N) is 1. The van der Waals surface area contributed by atoms with E-state index in [1.165, 1.54) is 11.1 Å². The van der Waals surface area contributed by atoms with Gasteiger partial charge in [0.15, 0.2) is 0 Å². The first-order chi connectivity index (χ1) is 17.2. The normalized spacial score (nSPS) is 12.9. The smallest absolute Gasteiger partial charge is 0.407 e. The molecule has 5 nitrogen and oxygen atoms in total. The highest BCUT2D eigenvalue weighted by Gasteiger charge is 2.29. The van der Waals surface area contributed by atoms with Crippen molar-refractivity contribution in [1.82, 2.24) is 5.32 Å². The van der Waals surface area contributed by atoms with Crippen molar-refractivity contribution in [3.8, 4) is 16.9 Å². The zero-order valence-electron chi connectivity index (χ0n) is 19.3. The Bertz CT molecular complexity index is 1260. The second-order valence-electron chi connectivity index (χ2n) is 8.57. The van der Waals surface area contributed by atoms with Crippen LogP contribution in [0.3, 0.4) is 0 Å². The van der Waals surface area contributed by atoms with Crippen LogP contribution < -0.4 is 10.1 Å². The van der Waals surface area contributed by atoms with Crippen LogP contribution in [0.4, 0.5) is 4.79 Å². The molecule has 4 aromatic rings. The Morgan fingerprint density at radius 1 is 0.829 bits per heavy atom. The number of hydrogen-bond donors (Lipinski definition) is 2. The van der Waals surface area contributed by atoms with E-state index in [9.17, 15) is 9.90 Å². The second kappa shape index (κ2) is 10.5. The molecule has 1 amide bonds.